The summed E-state index contributed by atoms with van der Waals surface area (Å²) >= 11 is 5.50. The SMILES string of the molecule is CCn1nc(C)c2[nH]c(=S)n(-c3cccc(COC)c3)c21. The van der Waals surface area contributed by atoms with Crippen molar-refractivity contribution in [1.29, 1.82) is 0 Å². The van der Waals surface area contributed by atoms with Gasteiger partial charge in [-0.3, -0.25) is 4.57 Å². The van der Waals surface area contributed by atoms with Gasteiger partial charge in [0, 0.05) is 13.7 Å². The summed E-state index contributed by atoms with van der Waals surface area (Å²) in [5.41, 5.74) is 5.11. The molecule has 0 atom stereocenters. The topological polar surface area (TPSA) is 47.8 Å². The van der Waals surface area contributed by atoms with Crippen LogP contribution in [0.5, 0.6) is 0 Å². The molecule has 0 unspecified atom stereocenters. The molecule has 0 aliphatic heterocycles. The highest BCUT2D eigenvalue weighted by molar-refractivity contribution is 7.71. The van der Waals surface area contributed by atoms with Gasteiger partial charge < -0.3 is 9.72 Å². The first kappa shape index (κ1) is 14.0. The first-order valence-corrected chi connectivity index (χ1v) is 7.33. The lowest BCUT2D eigenvalue weighted by Gasteiger charge is -2.08. The Morgan fingerprint density at radius 3 is 2.90 bits per heavy atom. The smallest absolute Gasteiger partial charge is 0.184 e. The minimum Gasteiger partial charge on any atom is -0.380 e. The number of aromatic amines is 1. The molecule has 0 saturated carbocycles. The quantitative estimate of drug-likeness (QED) is 0.752. The van der Waals surface area contributed by atoms with Crippen molar-refractivity contribution in [3.63, 3.8) is 0 Å². The summed E-state index contributed by atoms with van der Waals surface area (Å²) in [7, 11) is 1.70. The van der Waals surface area contributed by atoms with Crippen LogP contribution >= 0.6 is 12.2 Å². The number of imidazole rings is 1. The molecule has 21 heavy (non-hydrogen) atoms. The summed E-state index contributed by atoms with van der Waals surface area (Å²) in [4.78, 5) is 3.26. The van der Waals surface area contributed by atoms with Crippen molar-refractivity contribution in [2.45, 2.75) is 27.0 Å². The number of hydrogen-bond donors (Lipinski definition) is 1. The molecule has 0 aliphatic carbocycles. The van der Waals surface area contributed by atoms with Crippen molar-refractivity contribution in [2.75, 3.05) is 7.11 Å². The molecular formula is C15H18N4OS. The van der Waals surface area contributed by atoms with E-state index in [1.165, 1.54) is 0 Å². The van der Waals surface area contributed by atoms with Gasteiger partial charge in [-0.15, -0.1) is 0 Å². The molecule has 0 spiro atoms. The van der Waals surface area contributed by atoms with Gasteiger partial charge in [-0.1, -0.05) is 12.1 Å². The lowest BCUT2D eigenvalue weighted by atomic mass is 10.2. The third-order valence-electron chi connectivity index (χ3n) is 3.53. The van der Waals surface area contributed by atoms with E-state index in [2.05, 4.69) is 23.1 Å². The van der Waals surface area contributed by atoms with Crippen LogP contribution in [0.3, 0.4) is 0 Å². The Morgan fingerprint density at radius 1 is 1.38 bits per heavy atom. The number of ether oxygens (including phenoxy) is 1. The molecule has 110 valence electrons. The van der Waals surface area contributed by atoms with Crippen LogP contribution in [0.4, 0.5) is 0 Å². The number of methoxy groups -OCH3 is 1. The number of rotatable bonds is 4. The lowest BCUT2D eigenvalue weighted by molar-refractivity contribution is 0.185. The molecule has 0 radical (unpaired) electrons. The molecule has 0 amide bonds. The third kappa shape index (κ3) is 2.30. The average molecular weight is 302 g/mol. The number of aromatic nitrogens is 4. The molecular weight excluding hydrogens is 284 g/mol. The van der Waals surface area contributed by atoms with E-state index in [0.29, 0.717) is 11.4 Å². The second-order valence-corrected chi connectivity index (χ2v) is 5.35. The van der Waals surface area contributed by atoms with Gasteiger partial charge in [0.15, 0.2) is 10.4 Å². The van der Waals surface area contributed by atoms with Crippen molar-refractivity contribution in [3.8, 4) is 5.69 Å². The van der Waals surface area contributed by atoms with Gasteiger partial charge in [-0.2, -0.15) is 5.10 Å². The largest absolute Gasteiger partial charge is 0.380 e. The molecule has 5 nitrogen and oxygen atoms in total. The highest BCUT2D eigenvalue weighted by atomic mass is 32.1. The highest BCUT2D eigenvalue weighted by Gasteiger charge is 2.15. The second kappa shape index (κ2) is 5.46. The number of nitrogens with one attached hydrogen (secondary N) is 1. The van der Waals surface area contributed by atoms with Crippen LogP contribution in [0.15, 0.2) is 24.3 Å². The fraction of sp³-hybridized carbons (Fsp3) is 0.333. The zero-order chi connectivity index (χ0) is 15.0. The Labute approximate surface area is 128 Å². The van der Waals surface area contributed by atoms with E-state index in [-0.39, 0.29) is 0 Å². The molecule has 3 aromatic rings. The fourth-order valence-corrected chi connectivity index (χ4v) is 2.91. The predicted octanol–water partition coefficient (Wildman–Crippen LogP) is 3.36. The summed E-state index contributed by atoms with van der Waals surface area (Å²) in [6.07, 6.45) is 0. The van der Waals surface area contributed by atoms with Gasteiger partial charge in [0.25, 0.3) is 0 Å². The zero-order valence-electron chi connectivity index (χ0n) is 12.4. The van der Waals surface area contributed by atoms with Gasteiger partial charge in [-0.25, -0.2) is 4.68 Å². The third-order valence-corrected chi connectivity index (χ3v) is 3.81. The van der Waals surface area contributed by atoms with Gasteiger partial charge in [0.1, 0.15) is 5.52 Å². The first-order chi connectivity index (χ1) is 10.2. The van der Waals surface area contributed by atoms with E-state index in [1.54, 1.807) is 7.11 Å². The van der Waals surface area contributed by atoms with Crippen LogP contribution in [0.25, 0.3) is 16.9 Å². The Kier molecular flexibility index (Phi) is 3.65. The minimum atomic E-state index is 0.584. The molecule has 1 aromatic carbocycles. The predicted molar refractivity (Wildman–Crippen MR) is 85.4 cm³/mol. The monoisotopic (exact) mass is 302 g/mol. The zero-order valence-corrected chi connectivity index (χ0v) is 13.2. The summed E-state index contributed by atoms with van der Waals surface area (Å²) < 4.78 is 9.90. The van der Waals surface area contributed by atoms with Crippen molar-refractivity contribution < 1.29 is 4.74 Å². The number of fused-ring (bicyclic) bond motifs is 1. The first-order valence-electron chi connectivity index (χ1n) is 6.92. The average Bonchev–Trinajstić information content (AvgIpc) is 2.96. The Balaban J connectivity index is 2.26. The van der Waals surface area contributed by atoms with E-state index in [9.17, 15) is 0 Å². The van der Waals surface area contributed by atoms with E-state index >= 15 is 0 Å². The molecule has 2 heterocycles. The second-order valence-electron chi connectivity index (χ2n) is 4.97. The van der Waals surface area contributed by atoms with Crippen molar-refractivity contribution in [2.24, 2.45) is 0 Å². The van der Waals surface area contributed by atoms with E-state index in [4.69, 9.17) is 17.0 Å². The molecule has 0 saturated heterocycles. The van der Waals surface area contributed by atoms with Crippen LogP contribution in [-0.2, 0) is 17.9 Å². The van der Waals surface area contributed by atoms with Crippen molar-refractivity contribution >= 4 is 23.4 Å². The molecule has 1 N–H and O–H groups in total. The summed E-state index contributed by atoms with van der Waals surface area (Å²) in [6.45, 7) is 5.45. The molecule has 0 bridgehead atoms. The molecule has 0 aliphatic rings. The van der Waals surface area contributed by atoms with Crippen LogP contribution in [0.1, 0.15) is 18.2 Å². The van der Waals surface area contributed by atoms with Crippen LogP contribution in [0.2, 0.25) is 0 Å². The number of hydrogen-bond acceptors (Lipinski definition) is 3. The maximum Gasteiger partial charge on any atom is 0.184 e. The Bertz CT molecular complexity index is 843. The lowest BCUT2D eigenvalue weighted by Crippen LogP contribution is -2.04. The maximum absolute atomic E-state index is 5.50. The number of benzene rings is 1. The van der Waals surface area contributed by atoms with Crippen molar-refractivity contribution in [1.82, 2.24) is 19.3 Å². The van der Waals surface area contributed by atoms with Crippen LogP contribution in [0, 0.1) is 11.7 Å². The summed E-state index contributed by atoms with van der Waals surface area (Å²) in [6, 6.07) is 8.20. The van der Waals surface area contributed by atoms with Crippen LogP contribution < -0.4 is 0 Å². The molecule has 2 aromatic heterocycles. The Morgan fingerprint density at radius 2 is 2.19 bits per heavy atom. The standard InChI is InChI=1S/C15H18N4OS/c1-4-18-14-13(10(2)17-18)16-15(21)19(14)12-7-5-6-11(8-12)9-20-3/h5-8H,4,9H2,1-3H3,(H,16,21). The number of aryl methyl sites for hydroxylation is 2. The van der Waals surface area contributed by atoms with E-state index in [0.717, 1.165) is 34.7 Å². The van der Waals surface area contributed by atoms with E-state index in [1.807, 2.05) is 34.4 Å². The highest BCUT2D eigenvalue weighted by Crippen LogP contribution is 2.23. The molecule has 0 fully saturated rings. The molecule has 6 heteroatoms. The minimum absolute atomic E-state index is 0.584. The summed E-state index contributed by atoms with van der Waals surface area (Å²) in [5, 5.41) is 4.55. The molecule has 3 rings (SSSR count). The van der Waals surface area contributed by atoms with Gasteiger partial charge in [-0.05, 0) is 43.8 Å². The fourth-order valence-electron chi connectivity index (χ4n) is 2.61. The van der Waals surface area contributed by atoms with Gasteiger partial charge in [0.05, 0.1) is 18.0 Å². The van der Waals surface area contributed by atoms with Crippen LogP contribution in [-0.4, -0.2) is 26.4 Å². The number of H-pyrrole nitrogens is 1. The van der Waals surface area contributed by atoms with Crippen molar-refractivity contribution in [3.05, 3.63) is 40.3 Å². The van der Waals surface area contributed by atoms with Gasteiger partial charge in [0.2, 0.25) is 0 Å². The number of nitrogens with zero attached hydrogens (tertiary/aromatic N) is 3. The van der Waals surface area contributed by atoms with E-state index < -0.39 is 0 Å². The van der Waals surface area contributed by atoms with Gasteiger partial charge >= 0.3 is 0 Å². The Hall–Kier alpha value is -1.92. The summed E-state index contributed by atoms with van der Waals surface area (Å²) in [5.74, 6) is 0. The maximum atomic E-state index is 5.50. The normalized spacial score (nSPS) is 11.4.